The zero-order valence-electron chi connectivity index (χ0n) is 5.11. The molecule has 2 radical (unpaired) electrons. The topological polar surface area (TPSA) is 50.2 Å². The highest BCUT2D eigenvalue weighted by molar-refractivity contribution is 6.32. The van der Waals surface area contributed by atoms with Crippen LogP contribution in [0.5, 0.6) is 0 Å². The van der Waals surface area contributed by atoms with Gasteiger partial charge in [-0.05, 0) is 6.07 Å². The number of carboxylic acids is 1. The van der Waals surface area contributed by atoms with E-state index in [1.165, 1.54) is 18.3 Å². The Morgan fingerprint density at radius 3 is 2.80 bits per heavy atom. The van der Waals surface area contributed by atoms with E-state index >= 15 is 0 Å². The van der Waals surface area contributed by atoms with Crippen LogP contribution >= 0.6 is 0 Å². The van der Waals surface area contributed by atoms with Crippen molar-refractivity contribution >= 4 is 19.3 Å². The number of nitrogens with zero attached hydrogens (tertiary/aromatic N) is 1. The Kier molecular flexibility index (Phi) is 1.71. The summed E-state index contributed by atoms with van der Waals surface area (Å²) in [6, 6.07) is 2.84. The van der Waals surface area contributed by atoms with Crippen LogP contribution in [0.25, 0.3) is 0 Å². The van der Waals surface area contributed by atoms with E-state index < -0.39 is 5.97 Å². The summed E-state index contributed by atoms with van der Waals surface area (Å²) in [6.45, 7) is 0. The van der Waals surface area contributed by atoms with Crippen molar-refractivity contribution in [3.8, 4) is 0 Å². The fourth-order valence-electron chi connectivity index (χ4n) is 0.564. The van der Waals surface area contributed by atoms with Gasteiger partial charge in [-0.15, -0.1) is 0 Å². The molecule has 0 aromatic carbocycles. The summed E-state index contributed by atoms with van der Waals surface area (Å²) in [5.41, 5.74) is 0.382. The number of aromatic nitrogens is 1. The summed E-state index contributed by atoms with van der Waals surface area (Å²) in [4.78, 5) is 13.8. The maximum absolute atomic E-state index is 10.2. The van der Waals surface area contributed by atoms with Gasteiger partial charge in [0.2, 0.25) is 0 Å². The van der Waals surface area contributed by atoms with E-state index in [-0.39, 0.29) is 5.69 Å². The summed E-state index contributed by atoms with van der Waals surface area (Å²) in [5.74, 6) is -1.06. The summed E-state index contributed by atoms with van der Waals surface area (Å²) in [6.07, 6.45) is 1.36. The van der Waals surface area contributed by atoms with Crippen LogP contribution in [-0.2, 0) is 0 Å². The second kappa shape index (κ2) is 2.52. The van der Waals surface area contributed by atoms with Gasteiger partial charge in [0.1, 0.15) is 13.5 Å². The molecule has 0 unspecified atom stereocenters. The number of hydrogen-bond acceptors (Lipinski definition) is 2. The van der Waals surface area contributed by atoms with Gasteiger partial charge in [0.25, 0.3) is 0 Å². The average molecular weight is 133 g/mol. The summed E-state index contributed by atoms with van der Waals surface area (Å²) in [5, 5.41) is 8.39. The summed E-state index contributed by atoms with van der Waals surface area (Å²) < 4.78 is 0. The van der Waals surface area contributed by atoms with Crippen molar-refractivity contribution in [2.75, 3.05) is 0 Å². The number of hydrogen-bond donors (Lipinski definition) is 1. The number of rotatable bonds is 1. The molecule has 0 spiro atoms. The van der Waals surface area contributed by atoms with Gasteiger partial charge in [-0.2, -0.15) is 0 Å². The quantitative estimate of drug-likeness (QED) is 0.529. The molecule has 1 N–H and O–H groups in total. The second-order valence-electron chi connectivity index (χ2n) is 1.78. The number of carbonyl (C=O) groups is 1. The molecule has 4 heteroatoms. The molecular formula is C6H4BNO2. The Bertz CT molecular complexity index is 262. The van der Waals surface area contributed by atoms with Crippen molar-refractivity contribution in [1.82, 2.24) is 4.98 Å². The first kappa shape index (κ1) is 6.80. The first-order chi connectivity index (χ1) is 4.70. The van der Waals surface area contributed by atoms with Crippen molar-refractivity contribution in [1.29, 1.82) is 0 Å². The lowest BCUT2D eigenvalue weighted by atomic mass is 9.97. The highest BCUT2D eigenvalue weighted by Gasteiger charge is 2.01. The fourth-order valence-corrected chi connectivity index (χ4v) is 0.564. The van der Waals surface area contributed by atoms with Gasteiger partial charge in [-0.3, -0.25) is 0 Å². The molecule has 0 atom stereocenters. The second-order valence-corrected chi connectivity index (χ2v) is 1.78. The van der Waals surface area contributed by atoms with Crippen LogP contribution in [0.4, 0.5) is 0 Å². The minimum atomic E-state index is -1.06. The van der Waals surface area contributed by atoms with Crippen molar-refractivity contribution in [3.63, 3.8) is 0 Å². The highest BCUT2D eigenvalue weighted by atomic mass is 16.4. The Labute approximate surface area is 59.1 Å². The third-order valence-electron chi connectivity index (χ3n) is 1.00. The molecule has 1 aromatic rings. The van der Waals surface area contributed by atoms with Crippen LogP contribution in [0.1, 0.15) is 10.5 Å². The van der Waals surface area contributed by atoms with E-state index in [1.807, 2.05) is 0 Å². The van der Waals surface area contributed by atoms with Crippen LogP contribution < -0.4 is 5.46 Å². The predicted molar refractivity (Wildman–Crippen MR) is 36.6 cm³/mol. The van der Waals surface area contributed by atoms with Gasteiger partial charge in [0.05, 0.1) is 0 Å². The van der Waals surface area contributed by atoms with Crippen LogP contribution in [0, 0.1) is 0 Å². The van der Waals surface area contributed by atoms with Gasteiger partial charge in [0.15, 0.2) is 0 Å². The Hall–Kier alpha value is -1.32. The van der Waals surface area contributed by atoms with Gasteiger partial charge < -0.3 is 5.11 Å². The molecule has 1 rings (SSSR count). The van der Waals surface area contributed by atoms with Crippen LogP contribution in [-0.4, -0.2) is 23.9 Å². The molecule has 1 heterocycles. The molecular weight excluding hydrogens is 129 g/mol. The summed E-state index contributed by atoms with van der Waals surface area (Å²) >= 11 is 0. The van der Waals surface area contributed by atoms with Crippen molar-refractivity contribution in [3.05, 3.63) is 24.0 Å². The van der Waals surface area contributed by atoms with Gasteiger partial charge in [0, 0.05) is 6.20 Å². The lowest BCUT2D eigenvalue weighted by Crippen LogP contribution is -2.08. The SMILES string of the molecule is [B]c1ccnc(C(=O)O)c1. The molecule has 0 bridgehead atoms. The van der Waals surface area contributed by atoms with Gasteiger partial charge in [-0.25, -0.2) is 9.78 Å². The van der Waals surface area contributed by atoms with E-state index in [0.29, 0.717) is 5.46 Å². The molecule has 0 fully saturated rings. The van der Waals surface area contributed by atoms with Gasteiger partial charge in [-0.1, -0.05) is 11.5 Å². The third-order valence-corrected chi connectivity index (χ3v) is 1.00. The molecule has 0 aliphatic rings. The van der Waals surface area contributed by atoms with Crippen LogP contribution in [0.15, 0.2) is 18.3 Å². The van der Waals surface area contributed by atoms with Crippen LogP contribution in [0.2, 0.25) is 0 Å². The molecule has 0 aliphatic heterocycles. The normalized spacial score (nSPS) is 9.20. The fraction of sp³-hybridized carbons (Fsp3) is 0. The number of pyridine rings is 1. The summed E-state index contributed by atoms with van der Waals surface area (Å²) in [7, 11) is 5.29. The van der Waals surface area contributed by atoms with Crippen molar-refractivity contribution < 1.29 is 9.90 Å². The molecule has 0 aliphatic carbocycles. The molecule has 0 saturated carbocycles. The number of carboxylic acid groups (broad SMARTS) is 1. The minimum absolute atomic E-state index is 0.0278. The molecule has 10 heavy (non-hydrogen) atoms. The van der Waals surface area contributed by atoms with Crippen molar-refractivity contribution in [2.24, 2.45) is 0 Å². The van der Waals surface area contributed by atoms with E-state index in [1.54, 1.807) is 0 Å². The Balaban J connectivity index is 3.07. The molecule has 48 valence electrons. The zero-order chi connectivity index (χ0) is 7.56. The van der Waals surface area contributed by atoms with E-state index in [2.05, 4.69) is 4.98 Å². The minimum Gasteiger partial charge on any atom is -0.477 e. The lowest BCUT2D eigenvalue weighted by molar-refractivity contribution is 0.0690. The molecule has 1 aromatic heterocycles. The maximum atomic E-state index is 10.2. The number of aromatic carboxylic acids is 1. The van der Waals surface area contributed by atoms with E-state index in [9.17, 15) is 4.79 Å². The van der Waals surface area contributed by atoms with Crippen LogP contribution in [0.3, 0.4) is 0 Å². The van der Waals surface area contributed by atoms with E-state index in [0.717, 1.165) is 0 Å². The first-order valence-corrected chi connectivity index (χ1v) is 2.65. The smallest absolute Gasteiger partial charge is 0.354 e. The molecule has 0 saturated heterocycles. The largest absolute Gasteiger partial charge is 0.477 e. The predicted octanol–water partition coefficient (Wildman–Crippen LogP) is -0.426. The Morgan fingerprint density at radius 2 is 2.40 bits per heavy atom. The molecule has 3 nitrogen and oxygen atoms in total. The monoisotopic (exact) mass is 133 g/mol. The highest BCUT2D eigenvalue weighted by Crippen LogP contribution is 1.88. The van der Waals surface area contributed by atoms with E-state index in [4.69, 9.17) is 13.0 Å². The first-order valence-electron chi connectivity index (χ1n) is 2.65. The average Bonchev–Trinajstić information content (AvgIpc) is 1.88. The maximum Gasteiger partial charge on any atom is 0.354 e. The van der Waals surface area contributed by atoms with Gasteiger partial charge >= 0.3 is 5.97 Å². The molecule has 0 amide bonds. The van der Waals surface area contributed by atoms with Crippen molar-refractivity contribution in [2.45, 2.75) is 0 Å². The standard InChI is InChI=1S/C6H4BNO2/c7-4-1-2-8-5(3-4)6(9)10/h1-3H,(H,9,10). The third kappa shape index (κ3) is 1.34. The zero-order valence-corrected chi connectivity index (χ0v) is 5.11. The Morgan fingerprint density at radius 1 is 1.70 bits per heavy atom. The lowest BCUT2D eigenvalue weighted by Gasteiger charge is -1.92.